The predicted molar refractivity (Wildman–Crippen MR) is 147 cm³/mol. The van der Waals surface area contributed by atoms with E-state index in [2.05, 4.69) is 25.7 Å². The summed E-state index contributed by atoms with van der Waals surface area (Å²) in [5.74, 6) is 1.12. The highest BCUT2D eigenvalue weighted by atomic mass is 19.1. The van der Waals surface area contributed by atoms with Crippen molar-refractivity contribution >= 4 is 22.9 Å². The summed E-state index contributed by atoms with van der Waals surface area (Å²) in [4.78, 5) is 24.5. The van der Waals surface area contributed by atoms with Crippen molar-refractivity contribution < 1.29 is 9.18 Å². The zero-order chi connectivity index (χ0) is 25.8. The van der Waals surface area contributed by atoms with Crippen molar-refractivity contribution in [1.82, 2.24) is 9.80 Å². The van der Waals surface area contributed by atoms with Gasteiger partial charge in [-0.05, 0) is 81.4 Å². The molecule has 0 N–H and O–H groups in total. The van der Waals surface area contributed by atoms with Gasteiger partial charge < -0.3 is 14.7 Å². The molecule has 1 amide bonds. The molecule has 194 valence electrons. The summed E-state index contributed by atoms with van der Waals surface area (Å²) in [6.07, 6.45) is 12.0. The van der Waals surface area contributed by atoms with Crippen molar-refractivity contribution in [2.24, 2.45) is 10.9 Å². The van der Waals surface area contributed by atoms with Gasteiger partial charge in [0.05, 0.1) is 0 Å². The second kappa shape index (κ2) is 11.4. The van der Waals surface area contributed by atoms with Crippen LogP contribution in [0.1, 0.15) is 71.8 Å². The van der Waals surface area contributed by atoms with E-state index in [1.807, 2.05) is 54.1 Å². The van der Waals surface area contributed by atoms with E-state index in [0.717, 1.165) is 75.1 Å². The second-order valence-electron chi connectivity index (χ2n) is 10.3. The zero-order valence-electron chi connectivity index (χ0n) is 22.6. The molecule has 1 atom stereocenters. The number of allylic oxidation sites excluding steroid dienone is 4. The number of likely N-dealkylation sites (tertiary alicyclic amines) is 1. The molecule has 36 heavy (non-hydrogen) atoms. The van der Waals surface area contributed by atoms with Crippen LogP contribution in [-0.2, 0) is 4.79 Å². The second-order valence-corrected chi connectivity index (χ2v) is 10.3. The van der Waals surface area contributed by atoms with E-state index >= 15 is 4.39 Å². The average Bonchev–Trinajstić information content (AvgIpc) is 3.07. The molecule has 5 nitrogen and oxygen atoms in total. The molecule has 0 aromatic heterocycles. The minimum Gasteiger partial charge on any atom is -0.371 e. The fourth-order valence-corrected chi connectivity index (χ4v) is 5.36. The zero-order valence-corrected chi connectivity index (χ0v) is 22.6. The van der Waals surface area contributed by atoms with Crippen LogP contribution in [0.5, 0.6) is 0 Å². The molecule has 0 aliphatic carbocycles. The Morgan fingerprint density at radius 2 is 1.97 bits per heavy atom. The Balaban J connectivity index is 1.62. The van der Waals surface area contributed by atoms with Crippen molar-refractivity contribution in [3.8, 4) is 0 Å². The molecular weight excluding hydrogens is 451 g/mol. The molecule has 0 radical (unpaired) electrons. The van der Waals surface area contributed by atoms with Crippen molar-refractivity contribution in [3.63, 3.8) is 0 Å². The Morgan fingerprint density at radius 1 is 1.19 bits per heavy atom. The van der Waals surface area contributed by atoms with Crippen LogP contribution in [0, 0.1) is 11.7 Å². The van der Waals surface area contributed by atoms with Crippen molar-refractivity contribution in [3.05, 3.63) is 59.3 Å². The fraction of sp³-hybridized carbons (Fsp3) is 0.533. The van der Waals surface area contributed by atoms with E-state index in [0.29, 0.717) is 23.0 Å². The van der Waals surface area contributed by atoms with Gasteiger partial charge in [-0.1, -0.05) is 32.8 Å². The number of benzene rings is 1. The van der Waals surface area contributed by atoms with Crippen LogP contribution in [0.15, 0.2) is 52.9 Å². The minimum absolute atomic E-state index is 0.00755. The number of aliphatic imine (C=N–C) groups is 1. The van der Waals surface area contributed by atoms with Gasteiger partial charge in [-0.2, -0.15) is 0 Å². The van der Waals surface area contributed by atoms with Gasteiger partial charge in [-0.3, -0.25) is 4.79 Å². The highest BCUT2D eigenvalue weighted by Gasteiger charge is 2.29. The maximum absolute atomic E-state index is 15.3. The maximum atomic E-state index is 15.3. The number of carbonyl (C=O) groups excluding carboxylic acids is 1. The van der Waals surface area contributed by atoms with Gasteiger partial charge >= 0.3 is 0 Å². The fourth-order valence-electron chi connectivity index (χ4n) is 5.36. The standard InChI is InChI=1S/C30H41FN4O/c1-6-22-19-34(20-22)25-13-14-26(27(31)17-25)23(7-2)16-29-32-28(18-24(8-3)33(29)5)30(36)35-15-11-9-10-12-21(35)4/h7,13-14,16-18,21-22H,6,8-12,15,19-20H2,1-5H3/b23-7+,29-16-. The number of halogens is 1. The van der Waals surface area contributed by atoms with Gasteiger partial charge in [-0.25, -0.2) is 9.38 Å². The third-order valence-electron chi connectivity index (χ3n) is 7.97. The highest BCUT2D eigenvalue weighted by Crippen LogP contribution is 2.31. The first-order valence-corrected chi connectivity index (χ1v) is 13.6. The molecule has 1 aromatic carbocycles. The summed E-state index contributed by atoms with van der Waals surface area (Å²) in [6, 6.07) is 5.73. The maximum Gasteiger partial charge on any atom is 0.272 e. The van der Waals surface area contributed by atoms with Crippen LogP contribution in [-0.4, -0.2) is 54.1 Å². The van der Waals surface area contributed by atoms with Crippen LogP contribution in [0.3, 0.4) is 0 Å². The molecule has 2 fully saturated rings. The Bertz CT molecular complexity index is 1100. The lowest BCUT2D eigenvalue weighted by Crippen LogP contribution is -2.46. The van der Waals surface area contributed by atoms with E-state index in [1.165, 1.54) is 0 Å². The Morgan fingerprint density at radius 3 is 2.64 bits per heavy atom. The lowest BCUT2D eigenvalue weighted by molar-refractivity contribution is -0.125. The molecule has 1 unspecified atom stereocenters. The van der Waals surface area contributed by atoms with Crippen LogP contribution < -0.4 is 4.90 Å². The Labute approximate surface area is 216 Å². The normalized spacial score (nSPS) is 22.8. The molecular formula is C30H41FN4O. The monoisotopic (exact) mass is 492 g/mol. The summed E-state index contributed by atoms with van der Waals surface area (Å²) in [5.41, 5.74) is 3.74. The molecule has 0 spiro atoms. The van der Waals surface area contributed by atoms with Crippen LogP contribution in [0.25, 0.3) is 5.57 Å². The molecule has 0 saturated carbocycles. The quantitative estimate of drug-likeness (QED) is 0.462. The third kappa shape index (κ3) is 5.42. The molecule has 2 saturated heterocycles. The highest BCUT2D eigenvalue weighted by molar-refractivity contribution is 6.43. The summed E-state index contributed by atoms with van der Waals surface area (Å²) < 4.78 is 15.3. The Hall–Kier alpha value is -2.89. The van der Waals surface area contributed by atoms with Gasteiger partial charge in [0.25, 0.3) is 5.91 Å². The number of anilines is 1. The van der Waals surface area contributed by atoms with Gasteiger partial charge in [-0.15, -0.1) is 0 Å². The summed E-state index contributed by atoms with van der Waals surface area (Å²) in [7, 11) is 1.96. The van der Waals surface area contributed by atoms with Crippen molar-refractivity contribution in [2.45, 2.75) is 72.3 Å². The molecule has 3 aliphatic heterocycles. The van der Waals surface area contributed by atoms with E-state index in [9.17, 15) is 4.79 Å². The summed E-state index contributed by atoms with van der Waals surface area (Å²) in [6.45, 7) is 11.1. The third-order valence-corrected chi connectivity index (χ3v) is 7.97. The van der Waals surface area contributed by atoms with E-state index in [1.54, 1.807) is 6.07 Å². The number of carbonyl (C=O) groups is 1. The number of nitrogens with zero attached hydrogens (tertiary/aromatic N) is 4. The van der Waals surface area contributed by atoms with E-state index in [-0.39, 0.29) is 17.8 Å². The number of hydrogen-bond donors (Lipinski definition) is 0. The largest absolute Gasteiger partial charge is 0.371 e. The first-order chi connectivity index (χ1) is 17.4. The molecule has 3 aliphatic rings. The molecule has 6 heteroatoms. The van der Waals surface area contributed by atoms with Crippen molar-refractivity contribution in [2.75, 3.05) is 31.6 Å². The molecule has 3 heterocycles. The number of hydrogen-bond acceptors (Lipinski definition) is 4. The first kappa shape index (κ1) is 26.2. The minimum atomic E-state index is -0.235. The van der Waals surface area contributed by atoms with E-state index in [4.69, 9.17) is 4.99 Å². The summed E-state index contributed by atoms with van der Waals surface area (Å²) in [5, 5.41) is 0. The number of rotatable bonds is 6. The summed E-state index contributed by atoms with van der Waals surface area (Å²) >= 11 is 0. The van der Waals surface area contributed by atoms with Gasteiger partial charge in [0.2, 0.25) is 0 Å². The van der Waals surface area contributed by atoms with Gasteiger partial charge in [0.15, 0.2) is 0 Å². The van der Waals surface area contributed by atoms with Crippen LogP contribution in [0.2, 0.25) is 0 Å². The van der Waals surface area contributed by atoms with Crippen LogP contribution >= 0.6 is 0 Å². The lowest BCUT2D eigenvalue weighted by atomic mass is 9.96. The van der Waals surface area contributed by atoms with Crippen molar-refractivity contribution in [1.29, 1.82) is 0 Å². The van der Waals surface area contributed by atoms with Crippen LogP contribution in [0.4, 0.5) is 10.1 Å². The van der Waals surface area contributed by atoms with Gasteiger partial charge in [0, 0.05) is 49.7 Å². The van der Waals surface area contributed by atoms with E-state index < -0.39 is 0 Å². The molecule has 4 rings (SSSR count). The average molecular weight is 493 g/mol. The van der Waals surface area contributed by atoms with Gasteiger partial charge in [0.1, 0.15) is 17.3 Å². The Kier molecular flexibility index (Phi) is 8.32. The topological polar surface area (TPSA) is 39.2 Å². The number of amides is 1. The predicted octanol–water partition coefficient (Wildman–Crippen LogP) is 6.39. The first-order valence-electron chi connectivity index (χ1n) is 13.6. The lowest BCUT2D eigenvalue weighted by Gasteiger charge is -2.40. The molecule has 0 bridgehead atoms. The SMILES string of the molecule is C/C=C(\C=C1\N=C(C(=O)N2CCCCCC2C)C=C(CC)N1C)c1ccc(N2CC(CC)C2)cc1F. The molecule has 1 aromatic rings. The smallest absolute Gasteiger partial charge is 0.272 e.